The number of hydrogen-bond acceptors (Lipinski definition) is 2. The smallest absolute Gasteiger partial charge is 0.141 e. The number of hydrogen-bond donors (Lipinski definition) is 1. The van der Waals surface area contributed by atoms with Crippen molar-refractivity contribution >= 4 is 11.6 Å². The van der Waals surface area contributed by atoms with E-state index in [2.05, 4.69) is 0 Å². The van der Waals surface area contributed by atoms with E-state index in [0.717, 1.165) is 5.56 Å². The molecule has 1 aromatic rings. The predicted octanol–water partition coefficient (Wildman–Crippen LogP) is 3.20. The molecule has 1 N–H and O–H groups in total. The van der Waals surface area contributed by atoms with Gasteiger partial charge in [0.05, 0.1) is 23.3 Å². The first-order chi connectivity index (χ1) is 7.78. The number of halogens is 2. The Morgan fingerprint density at radius 2 is 2.06 bits per heavy atom. The van der Waals surface area contributed by atoms with Crippen molar-refractivity contribution in [2.24, 2.45) is 0 Å². The molecule has 0 aliphatic rings. The third-order valence-electron chi connectivity index (χ3n) is 2.16. The Kier molecular flexibility index (Phi) is 4.92. The zero-order valence-electron chi connectivity index (χ0n) is 10.3. The van der Waals surface area contributed by atoms with Gasteiger partial charge in [-0.25, -0.2) is 4.39 Å². The Balaban J connectivity index is 2.50. The maximum absolute atomic E-state index is 12.9. The monoisotopic (exact) mass is 260 g/mol. The summed E-state index contributed by atoms with van der Waals surface area (Å²) in [4.78, 5) is 0. The first-order valence-corrected chi connectivity index (χ1v) is 5.92. The van der Waals surface area contributed by atoms with Gasteiger partial charge in [0.2, 0.25) is 0 Å². The van der Waals surface area contributed by atoms with E-state index >= 15 is 0 Å². The third kappa shape index (κ3) is 5.48. The SMILES string of the molecule is CC(C)(C)OCC(O)Cc1ccc(F)c(Cl)c1. The summed E-state index contributed by atoms with van der Waals surface area (Å²) in [5.41, 5.74) is 0.517. The molecule has 1 rings (SSSR count). The Hall–Kier alpha value is -0.640. The fourth-order valence-corrected chi connectivity index (χ4v) is 1.55. The number of aliphatic hydroxyl groups is 1. The first-order valence-electron chi connectivity index (χ1n) is 5.54. The van der Waals surface area contributed by atoms with Crippen LogP contribution >= 0.6 is 11.6 Å². The quantitative estimate of drug-likeness (QED) is 0.901. The van der Waals surface area contributed by atoms with Crippen LogP contribution in [0.25, 0.3) is 0 Å². The molecule has 0 saturated carbocycles. The molecule has 17 heavy (non-hydrogen) atoms. The molecule has 4 heteroatoms. The lowest BCUT2D eigenvalue weighted by molar-refractivity contribution is -0.0482. The molecule has 1 atom stereocenters. The van der Waals surface area contributed by atoms with E-state index in [0.29, 0.717) is 6.42 Å². The van der Waals surface area contributed by atoms with Gasteiger partial charge in [-0.05, 0) is 38.5 Å². The Labute approximate surface area is 106 Å². The summed E-state index contributed by atoms with van der Waals surface area (Å²) in [6, 6.07) is 4.44. The third-order valence-corrected chi connectivity index (χ3v) is 2.45. The van der Waals surface area contributed by atoms with Crippen LogP contribution in [0.5, 0.6) is 0 Å². The molecule has 2 nitrogen and oxygen atoms in total. The topological polar surface area (TPSA) is 29.5 Å². The van der Waals surface area contributed by atoms with Crippen LogP contribution in [-0.4, -0.2) is 23.4 Å². The summed E-state index contributed by atoms with van der Waals surface area (Å²) < 4.78 is 18.4. The summed E-state index contributed by atoms with van der Waals surface area (Å²) in [6.45, 7) is 6.02. The van der Waals surface area contributed by atoms with Gasteiger partial charge >= 0.3 is 0 Å². The molecular formula is C13H18ClFO2. The van der Waals surface area contributed by atoms with Crippen LogP contribution in [0.4, 0.5) is 4.39 Å². The average molecular weight is 261 g/mol. The van der Waals surface area contributed by atoms with Gasteiger partial charge in [-0.2, -0.15) is 0 Å². The highest BCUT2D eigenvalue weighted by atomic mass is 35.5. The highest BCUT2D eigenvalue weighted by Crippen LogP contribution is 2.17. The largest absolute Gasteiger partial charge is 0.390 e. The molecule has 0 aliphatic heterocycles. The van der Waals surface area contributed by atoms with E-state index in [1.54, 1.807) is 6.07 Å². The number of benzene rings is 1. The van der Waals surface area contributed by atoms with Crippen molar-refractivity contribution in [1.82, 2.24) is 0 Å². The summed E-state index contributed by atoms with van der Waals surface area (Å²) in [6.07, 6.45) is -0.216. The fraction of sp³-hybridized carbons (Fsp3) is 0.538. The van der Waals surface area contributed by atoms with Gasteiger partial charge in [0, 0.05) is 6.42 Å². The van der Waals surface area contributed by atoms with Gasteiger partial charge < -0.3 is 9.84 Å². The Morgan fingerprint density at radius 1 is 1.41 bits per heavy atom. The molecule has 1 aromatic carbocycles. The molecule has 0 bridgehead atoms. The van der Waals surface area contributed by atoms with E-state index in [1.165, 1.54) is 12.1 Å². The van der Waals surface area contributed by atoms with Crippen molar-refractivity contribution in [2.45, 2.75) is 38.9 Å². The van der Waals surface area contributed by atoms with Crippen LogP contribution in [-0.2, 0) is 11.2 Å². The minimum absolute atomic E-state index is 0.0754. The van der Waals surface area contributed by atoms with Gasteiger partial charge in [0.1, 0.15) is 5.82 Å². The molecule has 1 unspecified atom stereocenters. The molecule has 96 valence electrons. The lowest BCUT2D eigenvalue weighted by atomic mass is 10.1. The minimum atomic E-state index is -0.615. The lowest BCUT2D eigenvalue weighted by Crippen LogP contribution is -2.27. The van der Waals surface area contributed by atoms with E-state index in [4.69, 9.17) is 16.3 Å². The Bertz CT molecular complexity index is 374. The van der Waals surface area contributed by atoms with E-state index < -0.39 is 11.9 Å². The lowest BCUT2D eigenvalue weighted by Gasteiger charge is -2.22. The van der Waals surface area contributed by atoms with Crippen LogP contribution in [0.2, 0.25) is 5.02 Å². The van der Waals surface area contributed by atoms with Crippen LogP contribution in [0.1, 0.15) is 26.3 Å². The summed E-state index contributed by atoms with van der Waals surface area (Å²) in [5.74, 6) is -0.448. The number of rotatable bonds is 4. The van der Waals surface area contributed by atoms with Gasteiger partial charge in [-0.15, -0.1) is 0 Å². The van der Waals surface area contributed by atoms with Crippen LogP contribution < -0.4 is 0 Å². The number of ether oxygens (including phenoxy) is 1. The zero-order valence-corrected chi connectivity index (χ0v) is 11.1. The molecule has 0 spiro atoms. The van der Waals surface area contributed by atoms with Gasteiger partial charge in [-0.1, -0.05) is 17.7 Å². The summed E-state index contributed by atoms with van der Waals surface area (Å²) in [5, 5.41) is 9.84. The molecule has 0 aliphatic carbocycles. The van der Waals surface area contributed by atoms with Gasteiger partial charge in [0.15, 0.2) is 0 Å². The summed E-state index contributed by atoms with van der Waals surface area (Å²) in [7, 11) is 0. The predicted molar refractivity (Wildman–Crippen MR) is 66.8 cm³/mol. The van der Waals surface area contributed by atoms with Crippen molar-refractivity contribution in [3.63, 3.8) is 0 Å². The van der Waals surface area contributed by atoms with E-state index in [1.807, 2.05) is 20.8 Å². The molecular weight excluding hydrogens is 243 g/mol. The highest BCUT2D eigenvalue weighted by Gasteiger charge is 2.14. The molecule has 0 saturated heterocycles. The van der Waals surface area contributed by atoms with Crippen molar-refractivity contribution in [2.75, 3.05) is 6.61 Å². The molecule has 0 aromatic heterocycles. The van der Waals surface area contributed by atoms with E-state index in [9.17, 15) is 9.50 Å². The van der Waals surface area contributed by atoms with Crippen molar-refractivity contribution < 1.29 is 14.2 Å². The minimum Gasteiger partial charge on any atom is -0.390 e. The highest BCUT2D eigenvalue weighted by molar-refractivity contribution is 6.30. The summed E-state index contributed by atoms with van der Waals surface area (Å²) >= 11 is 5.66. The molecule has 0 radical (unpaired) electrons. The molecule has 0 fully saturated rings. The average Bonchev–Trinajstić information content (AvgIpc) is 2.20. The second-order valence-corrected chi connectivity index (χ2v) is 5.44. The van der Waals surface area contributed by atoms with E-state index in [-0.39, 0.29) is 17.2 Å². The van der Waals surface area contributed by atoms with Crippen LogP contribution in [0, 0.1) is 5.82 Å². The second kappa shape index (κ2) is 5.80. The maximum Gasteiger partial charge on any atom is 0.141 e. The fourth-order valence-electron chi connectivity index (χ4n) is 1.34. The number of aliphatic hydroxyl groups excluding tert-OH is 1. The van der Waals surface area contributed by atoms with Crippen molar-refractivity contribution in [3.05, 3.63) is 34.6 Å². The first kappa shape index (κ1) is 14.4. The van der Waals surface area contributed by atoms with Crippen LogP contribution in [0.3, 0.4) is 0 Å². The standard InChI is InChI=1S/C13H18ClFO2/c1-13(2,3)17-8-10(16)6-9-4-5-12(15)11(14)7-9/h4-5,7,10,16H,6,8H2,1-3H3. The van der Waals surface area contributed by atoms with Gasteiger partial charge in [0.25, 0.3) is 0 Å². The van der Waals surface area contributed by atoms with Crippen molar-refractivity contribution in [1.29, 1.82) is 0 Å². The Morgan fingerprint density at radius 3 is 2.59 bits per heavy atom. The maximum atomic E-state index is 12.9. The molecule has 0 amide bonds. The van der Waals surface area contributed by atoms with Crippen molar-refractivity contribution in [3.8, 4) is 0 Å². The second-order valence-electron chi connectivity index (χ2n) is 5.03. The molecule has 0 heterocycles. The van der Waals surface area contributed by atoms with Crippen LogP contribution in [0.15, 0.2) is 18.2 Å². The normalized spacial score (nSPS) is 13.8. The zero-order chi connectivity index (χ0) is 13.1. The van der Waals surface area contributed by atoms with Gasteiger partial charge in [-0.3, -0.25) is 0 Å².